The van der Waals surface area contributed by atoms with Crippen molar-refractivity contribution in [3.63, 3.8) is 0 Å². The summed E-state index contributed by atoms with van der Waals surface area (Å²) in [5, 5.41) is 0. The van der Waals surface area contributed by atoms with E-state index in [-0.39, 0.29) is 43.2 Å². The van der Waals surface area contributed by atoms with Crippen LogP contribution in [-0.2, 0) is 26.0 Å². The number of rotatable bonds is 9. The van der Waals surface area contributed by atoms with Gasteiger partial charge in [0, 0.05) is 18.7 Å². The summed E-state index contributed by atoms with van der Waals surface area (Å²) >= 11 is 0. The molecular weight excluding hydrogens is 452 g/mol. The number of carbonyl (C=O) groups excluding carboxylic acids is 2. The second kappa shape index (κ2) is 11.0. The van der Waals surface area contributed by atoms with Crippen molar-refractivity contribution in [1.82, 2.24) is 4.31 Å². The monoisotopic (exact) mass is 479 g/mol. The van der Waals surface area contributed by atoms with Gasteiger partial charge >= 0.3 is 5.97 Å². The molecule has 1 heterocycles. The molecule has 178 valence electrons. The fourth-order valence-corrected chi connectivity index (χ4v) is 5.18. The first kappa shape index (κ1) is 25.0. The third-order valence-electron chi connectivity index (χ3n) is 5.76. The molecule has 0 aliphatic carbocycles. The van der Waals surface area contributed by atoms with Gasteiger partial charge in [0.25, 0.3) is 0 Å². The lowest BCUT2D eigenvalue weighted by molar-refractivity contribution is -0.148. The highest BCUT2D eigenvalue weighted by molar-refractivity contribution is 7.89. The van der Waals surface area contributed by atoms with Crippen molar-refractivity contribution in [1.29, 1.82) is 0 Å². The molecule has 33 heavy (non-hydrogen) atoms. The Bertz CT molecular complexity index is 1090. The van der Waals surface area contributed by atoms with E-state index in [0.29, 0.717) is 11.6 Å². The van der Waals surface area contributed by atoms with Crippen molar-refractivity contribution in [2.24, 2.45) is 5.92 Å². The lowest BCUT2D eigenvalue weighted by Crippen LogP contribution is -2.40. The van der Waals surface area contributed by atoms with E-state index in [1.807, 2.05) is 12.1 Å². The highest BCUT2D eigenvalue weighted by Crippen LogP contribution is 2.25. The standard InChI is InChI=1S/C24H27F2NO5S/c1-2-3-4-17-5-7-18(8-6-17)23(28)16-32-24(29)19-11-13-27(14-12-19)33(30,31)20-9-10-21(25)22(26)15-20/h5-10,15,19H,2-4,11-14,16H2,1H3. The third kappa shape index (κ3) is 6.23. The van der Waals surface area contributed by atoms with Crippen LogP contribution in [0.5, 0.6) is 0 Å². The van der Waals surface area contributed by atoms with Gasteiger partial charge in [-0.2, -0.15) is 4.31 Å². The van der Waals surface area contributed by atoms with Crippen molar-refractivity contribution in [3.8, 4) is 0 Å². The van der Waals surface area contributed by atoms with E-state index in [9.17, 15) is 26.8 Å². The maximum Gasteiger partial charge on any atom is 0.309 e. The number of sulfonamides is 1. The number of unbranched alkanes of at least 4 members (excludes halogenated alkanes) is 1. The number of hydrogen-bond donors (Lipinski definition) is 0. The van der Waals surface area contributed by atoms with Crippen molar-refractivity contribution < 1.29 is 31.5 Å². The molecule has 3 rings (SSSR count). The van der Waals surface area contributed by atoms with Gasteiger partial charge in [0.15, 0.2) is 24.0 Å². The Balaban J connectivity index is 1.50. The maximum atomic E-state index is 13.4. The molecule has 0 unspecified atom stereocenters. The quantitative estimate of drug-likeness (QED) is 0.399. The minimum absolute atomic E-state index is 0.0360. The molecule has 1 fully saturated rings. The topological polar surface area (TPSA) is 80.8 Å². The fraction of sp³-hybridized carbons (Fsp3) is 0.417. The average molecular weight is 480 g/mol. The molecule has 0 aromatic heterocycles. The molecule has 0 amide bonds. The van der Waals surface area contributed by atoms with E-state index in [2.05, 4.69) is 6.92 Å². The number of ketones is 1. The first-order valence-corrected chi connectivity index (χ1v) is 12.4. The lowest BCUT2D eigenvalue weighted by atomic mass is 9.98. The maximum absolute atomic E-state index is 13.4. The molecular formula is C24H27F2NO5S. The normalized spacial score (nSPS) is 15.4. The van der Waals surface area contributed by atoms with Crippen LogP contribution >= 0.6 is 0 Å². The summed E-state index contributed by atoms with van der Waals surface area (Å²) in [5.74, 6) is -3.76. The van der Waals surface area contributed by atoms with Crippen LogP contribution < -0.4 is 0 Å². The summed E-state index contributed by atoms with van der Waals surface area (Å²) in [6, 6.07) is 9.67. The Morgan fingerprint density at radius 3 is 2.30 bits per heavy atom. The molecule has 1 saturated heterocycles. The number of aryl methyl sites for hydroxylation is 1. The van der Waals surface area contributed by atoms with Crippen molar-refractivity contribution in [2.45, 2.75) is 43.9 Å². The molecule has 0 radical (unpaired) electrons. The molecule has 9 heteroatoms. The van der Waals surface area contributed by atoms with Gasteiger partial charge in [-0.1, -0.05) is 37.6 Å². The number of halogens is 2. The van der Waals surface area contributed by atoms with Gasteiger partial charge in [0.2, 0.25) is 10.0 Å². The van der Waals surface area contributed by atoms with Crippen LogP contribution in [0, 0.1) is 17.6 Å². The van der Waals surface area contributed by atoms with Crippen LogP contribution in [0.3, 0.4) is 0 Å². The number of hydrogen-bond acceptors (Lipinski definition) is 5. The molecule has 0 bridgehead atoms. The molecule has 1 aliphatic heterocycles. The molecule has 1 aliphatic rings. The summed E-state index contributed by atoms with van der Waals surface area (Å²) in [5.41, 5.74) is 1.62. The fourth-order valence-electron chi connectivity index (χ4n) is 3.69. The highest BCUT2D eigenvalue weighted by Gasteiger charge is 2.33. The van der Waals surface area contributed by atoms with Crippen molar-refractivity contribution in [3.05, 3.63) is 65.2 Å². The average Bonchev–Trinajstić information content (AvgIpc) is 2.83. The van der Waals surface area contributed by atoms with Crippen LogP contribution in [0.4, 0.5) is 8.78 Å². The van der Waals surface area contributed by atoms with Gasteiger partial charge in [-0.25, -0.2) is 17.2 Å². The number of nitrogens with zero attached hydrogens (tertiary/aromatic N) is 1. The van der Waals surface area contributed by atoms with Crippen LogP contribution in [0.2, 0.25) is 0 Å². The van der Waals surface area contributed by atoms with E-state index < -0.39 is 33.5 Å². The largest absolute Gasteiger partial charge is 0.457 e. The highest BCUT2D eigenvalue weighted by atomic mass is 32.2. The van der Waals surface area contributed by atoms with Gasteiger partial charge in [-0.15, -0.1) is 0 Å². The molecule has 2 aromatic rings. The summed E-state index contributed by atoms with van der Waals surface area (Å²) in [4.78, 5) is 24.4. The number of carbonyl (C=O) groups is 2. The number of esters is 1. The first-order valence-electron chi connectivity index (χ1n) is 11.0. The van der Waals surface area contributed by atoms with Crippen LogP contribution in [-0.4, -0.2) is 44.2 Å². The molecule has 0 saturated carbocycles. The first-order chi connectivity index (χ1) is 15.7. The van der Waals surface area contributed by atoms with Crippen LogP contribution in [0.25, 0.3) is 0 Å². The minimum atomic E-state index is -4.00. The zero-order valence-corrected chi connectivity index (χ0v) is 19.2. The summed E-state index contributed by atoms with van der Waals surface area (Å²) in [6.45, 7) is 1.81. The van der Waals surface area contributed by atoms with Crippen LogP contribution in [0.1, 0.15) is 48.5 Å². The zero-order chi connectivity index (χ0) is 24.0. The van der Waals surface area contributed by atoms with E-state index in [0.717, 1.165) is 41.3 Å². The van der Waals surface area contributed by atoms with E-state index in [1.54, 1.807) is 12.1 Å². The Hall–Kier alpha value is -2.65. The van der Waals surface area contributed by atoms with Gasteiger partial charge in [0.1, 0.15) is 0 Å². The number of Topliss-reactive ketones (excluding diaryl/α,β-unsaturated/α-hetero) is 1. The molecule has 0 atom stereocenters. The third-order valence-corrected chi connectivity index (χ3v) is 7.65. The second-order valence-corrected chi connectivity index (χ2v) is 10.0. The van der Waals surface area contributed by atoms with Gasteiger partial charge in [-0.3, -0.25) is 9.59 Å². The number of ether oxygens (including phenoxy) is 1. The summed E-state index contributed by atoms with van der Waals surface area (Å²) in [7, 11) is -4.00. The second-order valence-electron chi connectivity index (χ2n) is 8.09. The van der Waals surface area contributed by atoms with E-state index in [1.165, 1.54) is 0 Å². The number of benzene rings is 2. The molecule has 2 aromatic carbocycles. The molecule has 0 spiro atoms. The molecule has 6 nitrogen and oxygen atoms in total. The van der Waals surface area contributed by atoms with E-state index in [4.69, 9.17) is 4.74 Å². The SMILES string of the molecule is CCCCc1ccc(C(=O)COC(=O)C2CCN(S(=O)(=O)c3ccc(F)c(F)c3)CC2)cc1. The predicted octanol–water partition coefficient (Wildman–Crippen LogP) is 4.13. The Morgan fingerprint density at radius 1 is 1.03 bits per heavy atom. The number of piperidine rings is 1. The Kier molecular flexibility index (Phi) is 8.31. The Labute approximate surface area is 192 Å². The predicted molar refractivity (Wildman–Crippen MR) is 118 cm³/mol. The summed E-state index contributed by atoms with van der Waals surface area (Å²) < 4.78 is 58.2. The van der Waals surface area contributed by atoms with Gasteiger partial charge in [0.05, 0.1) is 10.8 Å². The van der Waals surface area contributed by atoms with Crippen LogP contribution in [0.15, 0.2) is 47.4 Å². The zero-order valence-electron chi connectivity index (χ0n) is 18.4. The van der Waals surface area contributed by atoms with Gasteiger partial charge < -0.3 is 4.74 Å². The van der Waals surface area contributed by atoms with Gasteiger partial charge in [-0.05, 0) is 49.4 Å². The Morgan fingerprint density at radius 2 is 1.70 bits per heavy atom. The smallest absolute Gasteiger partial charge is 0.309 e. The molecule has 0 N–H and O–H groups in total. The lowest BCUT2D eigenvalue weighted by Gasteiger charge is -2.30. The van der Waals surface area contributed by atoms with Crippen molar-refractivity contribution in [2.75, 3.05) is 19.7 Å². The van der Waals surface area contributed by atoms with E-state index >= 15 is 0 Å². The summed E-state index contributed by atoms with van der Waals surface area (Å²) in [6.07, 6.45) is 3.53. The minimum Gasteiger partial charge on any atom is -0.457 e. The van der Waals surface area contributed by atoms with Crippen molar-refractivity contribution >= 4 is 21.8 Å².